The van der Waals surface area contributed by atoms with Gasteiger partial charge in [-0.1, -0.05) is 36.4 Å². The van der Waals surface area contributed by atoms with Crippen molar-refractivity contribution in [2.24, 2.45) is 0 Å². The van der Waals surface area contributed by atoms with E-state index in [9.17, 15) is 14.4 Å². The summed E-state index contributed by atoms with van der Waals surface area (Å²) >= 11 is 2.25. The molecule has 0 bridgehead atoms. The standard InChI is InChI=1S/C26H20FIN2O2/c1-2-5-20-14-19(10-13-25(20)32-17-18-8-11-22(28)12-9-18)15-21(16-29)26(31)30-24-7-4-3-6-23(24)27/h2-4,6-15H,1,5,17H2,(H,30,31)/b21-15-. The number of benzene rings is 3. The van der Waals surface area contributed by atoms with Gasteiger partial charge in [0.15, 0.2) is 0 Å². The number of carbonyl (C=O) groups excluding carboxylic acids is 1. The zero-order valence-corrected chi connectivity index (χ0v) is 19.3. The van der Waals surface area contributed by atoms with Crippen molar-refractivity contribution in [3.63, 3.8) is 0 Å². The van der Waals surface area contributed by atoms with Crippen LogP contribution in [0.2, 0.25) is 0 Å². The molecule has 6 heteroatoms. The van der Waals surface area contributed by atoms with Crippen LogP contribution in [0.1, 0.15) is 16.7 Å². The van der Waals surface area contributed by atoms with E-state index in [1.165, 1.54) is 24.3 Å². The van der Waals surface area contributed by atoms with E-state index in [2.05, 4.69) is 34.5 Å². The number of nitrogens with zero attached hydrogens (tertiary/aromatic N) is 1. The normalized spacial score (nSPS) is 10.8. The first-order valence-corrected chi connectivity index (χ1v) is 10.9. The highest BCUT2D eigenvalue weighted by atomic mass is 127. The maximum atomic E-state index is 13.8. The van der Waals surface area contributed by atoms with Crippen molar-refractivity contribution in [1.29, 1.82) is 5.26 Å². The van der Waals surface area contributed by atoms with Gasteiger partial charge < -0.3 is 10.1 Å². The highest BCUT2D eigenvalue weighted by molar-refractivity contribution is 14.1. The molecule has 3 aromatic carbocycles. The molecule has 1 amide bonds. The van der Waals surface area contributed by atoms with Gasteiger partial charge in [0.1, 0.15) is 29.8 Å². The predicted molar refractivity (Wildman–Crippen MR) is 132 cm³/mol. The van der Waals surface area contributed by atoms with Crippen molar-refractivity contribution in [3.8, 4) is 11.8 Å². The zero-order chi connectivity index (χ0) is 22.9. The van der Waals surface area contributed by atoms with E-state index < -0.39 is 11.7 Å². The summed E-state index contributed by atoms with van der Waals surface area (Å²) in [7, 11) is 0. The van der Waals surface area contributed by atoms with Crippen molar-refractivity contribution in [2.45, 2.75) is 13.0 Å². The fourth-order valence-electron chi connectivity index (χ4n) is 2.95. The first-order chi connectivity index (χ1) is 15.5. The summed E-state index contributed by atoms with van der Waals surface area (Å²) in [5.41, 5.74) is 2.47. The van der Waals surface area contributed by atoms with E-state index in [0.29, 0.717) is 24.3 Å². The second-order valence-corrected chi connectivity index (χ2v) is 8.12. The number of hydrogen-bond acceptors (Lipinski definition) is 3. The van der Waals surface area contributed by atoms with E-state index in [1.54, 1.807) is 24.3 Å². The highest BCUT2D eigenvalue weighted by Crippen LogP contribution is 2.24. The third-order valence-electron chi connectivity index (χ3n) is 4.55. The third kappa shape index (κ3) is 6.28. The van der Waals surface area contributed by atoms with Crippen LogP contribution in [0, 0.1) is 20.7 Å². The quantitative estimate of drug-likeness (QED) is 0.159. The third-order valence-corrected chi connectivity index (χ3v) is 5.27. The lowest BCUT2D eigenvalue weighted by Gasteiger charge is -2.12. The van der Waals surface area contributed by atoms with Crippen LogP contribution in [-0.4, -0.2) is 5.91 Å². The Morgan fingerprint density at radius 2 is 1.91 bits per heavy atom. The SMILES string of the molecule is C=CCc1cc(/C=C(/C#N)C(=O)Nc2ccccc2F)ccc1OCc1ccc(I)cc1. The lowest BCUT2D eigenvalue weighted by molar-refractivity contribution is -0.112. The van der Waals surface area contributed by atoms with Gasteiger partial charge in [-0.2, -0.15) is 5.26 Å². The molecule has 0 aliphatic rings. The Balaban J connectivity index is 1.79. The Labute approximate surface area is 200 Å². The molecule has 0 saturated heterocycles. The average Bonchev–Trinajstić information content (AvgIpc) is 2.79. The molecule has 0 aliphatic carbocycles. The largest absolute Gasteiger partial charge is 0.489 e. The highest BCUT2D eigenvalue weighted by Gasteiger charge is 2.12. The van der Waals surface area contributed by atoms with Gasteiger partial charge in [-0.15, -0.1) is 6.58 Å². The fraction of sp³-hybridized carbons (Fsp3) is 0.0769. The predicted octanol–water partition coefficient (Wildman–Crippen LogP) is 6.28. The van der Waals surface area contributed by atoms with Crippen LogP contribution < -0.4 is 10.1 Å². The smallest absolute Gasteiger partial charge is 0.266 e. The molecule has 0 saturated carbocycles. The number of amides is 1. The summed E-state index contributed by atoms with van der Waals surface area (Å²) in [6, 6.07) is 21.2. The summed E-state index contributed by atoms with van der Waals surface area (Å²) in [5, 5.41) is 11.9. The van der Waals surface area contributed by atoms with E-state index in [4.69, 9.17) is 4.74 Å². The summed E-state index contributed by atoms with van der Waals surface area (Å²) < 4.78 is 20.9. The Morgan fingerprint density at radius 3 is 2.59 bits per heavy atom. The van der Waals surface area contributed by atoms with Crippen LogP contribution in [0.5, 0.6) is 5.75 Å². The van der Waals surface area contributed by atoms with Crippen LogP contribution >= 0.6 is 22.6 Å². The maximum Gasteiger partial charge on any atom is 0.266 e. The van der Waals surface area contributed by atoms with E-state index in [0.717, 1.165) is 14.7 Å². The number of allylic oxidation sites excluding steroid dienone is 1. The van der Waals surface area contributed by atoms with Gasteiger partial charge in [0.05, 0.1) is 5.69 Å². The number of ether oxygens (including phenoxy) is 1. The molecule has 0 spiro atoms. The molecule has 4 nitrogen and oxygen atoms in total. The second kappa shape index (κ2) is 11.3. The van der Waals surface area contributed by atoms with Crippen LogP contribution in [0.3, 0.4) is 0 Å². The number of anilines is 1. The number of para-hydroxylation sites is 1. The Bertz CT molecular complexity index is 1200. The van der Waals surface area contributed by atoms with Crippen molar-refractivity contribution in [2.75, 3.05) is 5.32 Å². The lowest BCUT2D eigenvalue weighted by atomic mass is 10.0. The molecule has 0 unspecified atom stereocenters. The number of rotatable bonds is 8. The van der Waals surface area contributed by atoms with E-state index in [1.807, 2.05) is 36.4 Å². The number of hydrogen-bond donors (Lipinski definition) is 1. The molecule has 0 radical (unpaired) electrons. The van der Waals surface area contributed by atoms with Crippen molar-refractivity contribution in [1.82, 2.24) is 0 Å². The van der Waals surface area contributed by atoms with Crippen LogP contribution in [0.25, 0.3) is 6.08 Å². The van der Waals surface area contributed by atoms with Crippen molar-refractivity contribution in [3.05, 3.63) is 111 Å². The minimum absolute atomic E-state index is 0.0188. The van der Waals surface area contributed by atoms with Gasteiger partial charge >= 0.3 is 0 Å². The minimum atomic E-state index is -0.679. The number of nitrogens with one attached hydrogen (secondary N) is 1. The van der Waals surface area contributed by atoms with Crippen LogP contribution in [0.15, 0.2) is 85.0 Å². The summed E-state index contributed by atoms with van der Waals surface area (Å²) in [6.07, 6.45) is 3.79. The molecule has 3 aromatic rings. The lowest BCUT2D eigenvalue weighted by Crippen LogP contribution is -2.14. The molecule has 0 aliphatic heterocycles. The monoisotopic (exact) mass is 538 g/mol. The molecular weight excluding hydrogens is 518 g/mol. The van der Waals surface area contributed by atoms with E-state index >= 15 is 0 Å². The molecule has 3 rings (SSSR count). The molecule has 0 aromatic heterocycles. The average molecular weight is 538 g/mol. The fourth-order valence-corrected chi connectivity index (χ4v) is 3.31. The molecule has 0 heterocycles. The molecule has 1 N–H and O–H groups in total. The summed E-state index contributed by atoms with van der Waals surface area (Å²) in [6.45, 7) is 4.21. The van der Waals surface area contributed by atoms with Crippen LogP contribution in [0.4, 0.5) is 10.1 Å². The van der Waals surface area contributed by atoms with Gasteiger partial charge in [-0.25, -0.2) is 4.39 Å². The van der Waals surface area contributed by atoms with Crippen molar-refractivity contribution >= 4 is 40.3 Å². The summed E-state index contributed by atoms with van der Waals surface area (Å²) in [4.78, 5) is 12.5. The van der Waals surface area contributed by atoms with Gasteiger partial charge in [0.25, 0.3) is 5.91 Å². The molecule has 0 fully saturated rings. The van der Waals surface area contributed by atoms with Crippen molar-refractivity contribution < 1.29 is 13.9 Å². The van der Waals surface area contributed by atoms with E-state index in [-0.39, 0.29) is 11.3 Å². The molecule has 32 heavy (non-hydrogen) atoms. The van der Waals surface area contributed by atoms with Gasteiger partial charge in [0.2, 0.25) is 0 Å². The first-order valence-electron chi connectivity index (χ1n) is 9.79. The maximum absolute atomic E-state index is 13.8. The second-order valence-electron chi connectivity index (χ2n) is 6.88. The number of carbonyl (C=O) groups is 1. The Hall–Kier alpha value is -3.44. The van der Waals surface area contributed by atoms with Crippen LogP contribution in [-0.2, 0) is 17.8 Å². The van der Waals surface area contributed by atoms with Gasteiger partial charge in [-0.05, 0) is 88.2 Å². The Morgan fingerprint density at radius 1 is 1.16 bits per heavy atom. The van der Waals surface area contributed by atoms with Gasteiger partial charge in [-0.3, -0.25) is 4.79 Å². The summed E-state index contributed by atoms with van der Waals surface area (Å²) in [5.74, 6) is -0.544. The zero-order valence-electron chi connectivity index (χ0n) is 17.1. The first kappa shape index (κ1) is 23.2. The van der Waals surface area contributed by atoms with Gasteiger partial charge in [0, 0.05) is 3.57 Å². The topological polar surface area (TPSA) is 62.1 Å². The molecule has 160 valence electrons. The number of halogens is 2. The molecular formula is C26H20FIN2O2. The minimum Gasteiger partial charge on any atom is -0.489 e. The molecule has 0 atom stereocenters. The Kier molecular flexibility index (Phi) is 8.17. The number of nitriles is 1.